The second kappa shape index (κ2) is 9.87. The predicted octanol–water partition coefficient (Wildman–Crippen LogP) is 4.41. The van der Waals surface area contributed by atoms with Gasteiger partial charge in [-0.15, -0.1) is 0 Å². The molecule has 2 amide bonds. The number of nitrogens with one attached hydrogen (secondary N) is 1. The molecule has 180 valence electrons. The number of nitrogens with zero attached hydrogens (tertiary/aromatic N) is 1. The molecule has 0 spiro atoms. The molecule has 7 nitrogen and oxygen atoms in total. The molecule has 0 radical (unpaired) electrons. The molecule has 2 N–H and O–H groups in total. The van der Waals surface area contributed by atoms with Crippen molar-refractivity contribution >= 4 is 18.0 Å². The number of carbonyl (C=O) groups excluding carboxylic acids is 2. The molecule has 4 rings (SSSR count). The van der Waals surface area contributed by atoms with E-state index < -0.39 is 23.5 Å². The zero-order valence-corrected chi connectivity index (χ0v) is 19.8. The van der Waals surface area contributed by atoms with Crippen LogP contribution in [0.2, 0.25) is 0 Å². The summed E-state index contributed by atoms with van der Waals surface area (Å²) < 4.78 is 5.52. The first-order chi connectivity index (χ1) is 16.3. The number of aliphatic carboxylic acids is 1. The lowest BCUT2D eigenvalue weighted by molar-refractivity contribution is -0.158. The first-order valence-corrected chi connectivity index (χ1v) is 11.9. The lowest BCUT2D eigenvalue weighted by atomic mass is 9.76. The van der Waals surface area contributed by atoms with Crippen molar-refractivity contribution in [3.05, 3.63) is 59.7 Å². The van der Waals surface area contributed by atoms with Gasteiger partial charge >= 0.3 is 12.1 Å². The number of carboxylic acid groups (broad SMARTS) is 1. The highest BCUT2D eigenvalue weighted by atomic mass is 16.5. The number of ether oxygens (including phenoxy) is 1. The highest BCUT2D eigenvalue weighted by molar-refractivity contribution is 5.84. The summed E-state index contributed by atoms with van der Waals surface area (Å²) in [5, 5.41) is 12.4. The zero-order chi connectivity index (χ0) is 24.3. The van der Waals surface area contributed by atoms with Crippen molar-refractivity contribution in [2.45, 2.75) is 51.5 Å². The molecule has 0 saturated carbocycles. The minimum Gasteiger partial charge on any atom is -0.480 e. The Bertz CT molecular complexity index is 1030. The first kappa shape index (κ1) is 23.8. The summed E-state index contributed by atoms with van der Waals surface area (Å²) >= 11 is 0. The Balaban J connectivity index is 1.25. The molecule has 2 aliphatic rings. The summed E-state index contributed by atoms with van der Waals surface area (Å²) in [5.41, 5.74) is 4.19. The van der Waals surface area contributed by atoms with Gasteiger partial charge in [-0.1, -0.05) is 62.4 Å². The quantitative estimate of drug-likeness (QED) is 0.592. The Hall–Kier alpha value is -3.35. The molecule has 1 saturated heterocycles. The number of alkyl carbamates (subject to hydrolysis) is 1. The fourth-order valence-electron chi connectivity index (χ4n) is 5.35. The summed E-state index contributed by atoms with van der Waals surface area (Å²) in [6.45, 7) is 4.77. The van der Waals surface area contributed by atoms with E-state index in [0.717, 1.165) is 24.0 Å². The minimum absolute atomic E-state index is 0.00450. The van der Waals surface area contributed by atoms with Gasteiger partial charge in [0.25, 0.3) is 0 Å². The Morgan fingerprint density at radius 3 is 2.29 bits per heavy atom. The van der Waals surface area contributed by atoms with E-state index in [0.29, 0.717) is 13.0 Å². The summed E-state index contributed by atoms with van der Waals surface area (Å²) in [6.07, 6.45) is 1.66. The van der Waals surface area contributed by atoms with Gasteiger partial charge in [-0.25, -0.2) is 9.59 Å². The number of carbonyl (C=O) groups is 3. The molecule has 7 heteroatoms. The van der Waals surface area contributed by atoms with Gasteiger partial charge in [0.1, 0.15) is 12.6 Å². The van der Waals surface area contributed by atoms with Crippen LogP contribution in [0.25, 0.3) is 11.1 Å². The molecule has 1 aliphatic carbocycles. The molecule has 1 unspecified atom stereocenters. The average molecular weight is 465 g/mol. The van der Waals surface area contributed by atoms with E-state index in [9.17, 15) is 19.5 Å². The summed E-state index contributed by atoms with van der Waals surface area (Å²) in [6, 6.07) is 15.5. The van der Waals surface area contributed by atoms with Crippen LogP contribution in [0.5, 0.6) is 0 Å². The second-order valence-electron chi connectivity index (χ2n) is 9.78. The van der Waals surface area contributed by atoms with E-state index in [2.05, 4.69) is 29.6 Å². The van der Waals surface area contributed by atoms with Crippen LogP contribution in [0.1, 0.15) is 56.6 Å². The summed E-state index contributed by atoms with van der Waals surface area (Å²) in [4.78, 5) is 38.2. The number of piperidine rings is 1. The van der Waals surface area contributed by atoms with Crippen molar-refractivity contribution in [3.8, 4) is 11.1 Å². The lowest BCUT2D eigenvalue weighted by Crippen LogP contribution is -2.56. The summed E-state index contributed by atoms with van der Waals surface area (Å²) in [5.74, 6) is -1.15. The van der Waals surface area contributed by atoms with E-state index >= 15 is 0 Å². The van der Waals surface area contributed by atoms with Crippen LogP contribution >= 0.6 is 0 Å². The molecule has 1 aliphatic heterocycles. The minimum atomic E-state index is -0.963. The van der Waals surface area contributed by atoms with Crippen molar-refractivity contribution in [3.63, 3.8) is 0 Å². The molecular weight excluding hydrogens is 432 g/mol. The number of rotatable bonds is 7. The average Bonchev–Trinajstić information content (AvgIpc) is 3.13. The van der Waals surface area contributed by atoms with Crippen molar-refractivity contribution in [1.82, 2.24) is 10.2 Å². The van der Waals surface area contributed by atoms with Crippen molar-refractivity contribution in [1.29, 1.82) is 0 Å². The van der Waals surface area contributed by atoms with E-state index in [1.165, 1.54) is 16.0 Å². The maximum Gasteiger partial charge on any atom is 0.407 e. The molecular formula is C27H32N2O5. The largest absolute Gasteiger partial charge is 0.480 e. The number of hydrogen-bond donors (Lipinski definition) is 2. The second-order valence-corrected chi connectivity index (χ2v) is 9.78. The number of fused-ring (bicyclic) bond motifs is 3. The Kier molecular flexibility index (Phi) is 6.91. The molecule has 1 heterocycles. The van der Waals surface area contributed by atoms with Crippen LogP contribution in [0, 0.1) is 5.41 Å². The van der Waals surface area contributed by atoms with Crippen LogP contribution in [0.3, 0.4) is 0 Å². The predicted molar refractivity (Wildman–Crippen MR) is 128 cm³/mol. The molecule has 1 atom stereocenters. The van der Waals surface area contributed by atoms with E-state index in [-0.39, 0.29) is 31.4 Å². The number of benzene rings is 2. The van der Waals surface area contributed by atoms with Gasteiger partial charge in [0.2, 0.25) is 5.91 Å². The maximum absolute atomic E-state index is 12.7. The maximum atomic E-state index is 12.7. The Morgan fingerprint density at radius 2 is 1.68 bits per heavy atom. The van der Waals surface area contributed by atoms with Crippen molar-refractivity contribution < 1.29 is 24.2 Å². The van der Waals surface area contributed by atoms with Gasteiger partial charge in [0.05, 0.1) is 0 Å². The molecule has 2 aromatic carbocycles. The van der Waals surface area contributed by atoms with Crippen LogP contribution in [-0.4, -0.2) is 53.7 Å². The van der Waals surface area contributed by atoms with E-state index in [4.69, 9.17) is 4.74 Å². The van der Waals surface area contributed by atoms with Crippen LogP contribution in [0.15, 0.2) is 48.5 Å². The highest BCUT2D eigenvalue weighted by Crippen LogP contribution is 2.44. The lowest BCUT2D eigenvalue weighted by Gasteiger charge is -2.44. The standard InChI is InChI=1S/C27H32N2O5/c1-27(2)14-8-16-29(24(27)25(31)32)23(30)13-7-15-28-26(33)34-17-22-20-11-5-3-9-18(20)19-10-4-6-12-21(19)22/h3-6,9-12,22,24H,7-8,13-17H2,1-2H3,(H,28,33)(H,31,32). The Labute approximate surface area is 200 Å². The van der Waals surface area contributed by atoms with Gasteiger partial charge < -0.3 is 20.1 Å². The molecule has 1 fully saturated rings. The smallest absolute Gasteiger partial charge is 0.407 e. The number of likely N-dealkylation sites (tertiary alicyclic amines) is 1. The zero-order valence-electron chi connectivity index (χ0n) is 19.8. The third-order valence-corrected chi connectivity index (χ3v) is 7.01. The fraction of sp³-hybridized carbons (Fsp3) is 0.444. The number of carboxylic acids is 1. The SMILES string of the molecule is CC1(C)CCCN(C(=O)CCCNC(=O)OCC2c3ccccc3-c3ccccc32)C1C(=O)O. The molecule has 0 aromatic heterocycles. The van der Waals surface area contributed by atoms with Crippen molar-refractivity contribution in [2.24, 2.45) is 5.41 Å². The van der Waals surface area contributed by atoms with Crippen LogP contribution in [-0.2, 0) is 14.3 Å². The van der Waals surface area contributed by atoms with Crippen molar-refractivity contribution in [2.75, 3.05) is 19.7 Å². The van der Waals surface area contributed by atoms with E-state index in [1.54, 1.807) is 0 Å². The topological polar surface area (TPSA) is 95.9 Å². The van der Waals surface area contributed by atoms with Gasteiger partial charge in [0.15, 0.2) is 0 Å². The van der Waals surface area contributed by atoms with Gasteiger partial charge in [-0.05, 0) is 46.9 Å². The Morgan fingerprint density at radius 1 is 1.06 bits per heavy atom. The third kappa shape index (κ3) is 4.79. The monoisotopic (exact) mass is 464 g/mol. The van der Waals surface area contributed by atoms with Gasteiger partial charge in [0, 0.05) is 25.4 Å². The number of hydrogen-bond acceptors (Lipinski definition) is 4. The molecule has 2 aromatic rings. The summed E-state index contributed by atoms with van der Waals surface area (Å²) in [7, 11) is 0. The number of amides is 2. The fourth-order valence-corrected chi connectivity index (χ4v) is 5.35. The van der Waals surface area contributed by atoms with E-state index in [1.807, 2.05) is 38.1 Å². The van der Waals surface area contributed by atoms with Crippen LogP contribution < -0.4 is 5.32 Å². The third-order valence-electron chi connectivity index (χ3n) is 7.01. The first-order valence-electron chi connectivity index (χ1n) is 11.9. The van der Waals surface area contributed by atoms with Gasteiger partial charge in [-0.2, -0.15) is 0 Å². The van der Waals surface area contributed by atoms with Crippen LogP contribution in [0.4, 0.5) is 4.79 Å². The van der Waals surface area contributed by atoms with Gasteiger partial charge in [-0.3, -0.25) is 4.79 Å². The normalized spacial score (nSPS) is 18.6. The highest BCUT2D eigenvalue weighted by Gasteiger charge is 2.44. The molecule has 0 bridgehead atoms. The molecule has 34 heavy (non-hydrogen) atoms.